The lowest BCUT2D eigenvalue weighted by Gasteiger charge is -2.13. The van der Waals surface area contributed by atoms with E-state index in [9.17, 15) is 9.90 Å². The van der Waals surface area contributed by atoms with Crippen molar-refractivity contribution in [1.82, 2.24) is 19.7 Å². The van der Waals surface area contributed by atoms with Crippen molar-refractivity contribution < 1.29 is 33.2 Å². The molecule has 2 N–H and O–H groups in total. The van der Waals surface area contributed by atoms with E-state index < -0.39 is 11.7 Å². The summed E-state index contributed by atoms with van der Waals surface area (Å²) in [6.45, 7) is 1.82. The van der Waals surface area contributed by atoms with Crippen LogP contribution in [0.15, 0.2) is 67.3 Å². The molecule has 5 aromatic rings. The van der Waals surface area contributed by atoms with E-state index in [1.165, 1.54) is 43.4 Å². The number of fused-ring (bicyclic) bond motifs is 1. The molecular formula is C29H26FN5O6. The first-order chi connectivity index (χ1) is 19.9. The van der Waals surface area contributed by atoms with E-state index in [1.807, 2.05) is 0 Å². The van der Waals surface area contributed by atoms with Crippen molar-refractivity contribution in [2.75, 3.05) is 26.1 Å². The molecule has 0 unspecified atom stereocenters. The zero-order valence-corrected chi connectivity index (χ0v) is 22.4. The molecule has 41 heavy (non-hydrogen) atoms. The Morgan fingerprint density at radius 1 is 1.00 bits per heavy atom. The second-order valence-corrected chi connectivity index (χ2v) is 8.62. The van der Waals surface area contributed by atoms with Gasteiger partial charge in [0.2, 0.25) is 0 Å². The van der Waals surface area contributed by atoms with Crippen LogP contribution >= 0.6 is 0 Å². The van der Waals surface area contributed by atoms with Crippen LogP contribution in [0.25, 0.3) is 16.6 Å². The molecule has 0 bridgehead atoms. The molecule has 11 nitrogen and oxygen atoms in total. The van der Waals surface area contributed by atoms with Crippen LogP contribution in [0.3, 0.4) is 0 Å². The number of carbonyl (C=O) groups is 1. The fraction of sp³-hybridized carbons (Fsp3) is 0.172. The van der Waals surface area contributed by atoms with Gasteiger partial charge in [0, 0.05) is 41.2 Å². The van der Waals surface area contributed by atoms with E-state index in [4.69, 9.17) is 18.9 Å². The highest BCUT2D eigenvalue weighted by Gasteiger charge is 2.21. The molecule has 0 radical (unpaired) electrons. The van der Waals surface area contributed by atoms with Crippen molar-refractivity contribution in [3.8, 4) is 34.4 Å². The number of hydrogen-bond donors (Lipinski definition) is 2. The number of benzene rings is 2. The fourth-order valence-corrected chi connectivity index (χ4v) is 4.16. The monoisotopic (exact) mass is 559 g/mol. The number of aliphatic hydroxyl groups is 1. The number of aliphatic hydroxyl groups excluding tert-OH is 1. The Labute approximate surface area is 234 Å². The van der Waals surface area contributed by atoms with Gasteiger partial charge in [0.25, 0.3) is 5.91 Å². The predicted octanol–water partition coefficient (Wildman–Crippen LogP) is 4.91. The minimum absolute atomic E-state index is 0.0204. The third-order valence-corrected chi connectivity index (χ3v) is 6.12. The van der Waals surface area contributed by atoms with Crippen LogP contribution in [-0.2, 0) is 6.61 Å². The first-order valence-electron chi connectivity index (χ1n) is 12.5. The number of ether oxygens (including phenoxy) is 4. The summed E-state index contributed by atoms with van der Waals surface area (Å²) in [6, 6.07) is 10.7. The molecule has 0 atom stereocenters. The van der Waals surface area contributed by atoms with Crippen LogP contribution < -0.4 is 24.3 Å². The normalized spacial score (nSPS) is 10.9. The van der Waals surface area contributed by atoms with Crippen molar-refractivity contribution in [1.29, 1.82) is 0 Å². The number of nitrogens with zero attached hydrogens (tertiary/aromatic N) is 4. The van der Waals surface area contributed by atoms with Gasteiger partial charge in [-0.05, 0) is 37.3 Å². The van der Waals surface area contributed by atoms with Gasteiger partial charge < -0.3 is 29.4 Å². The van der Waals surface area contributed by atoms with Gasteiger partial charge in [0.15, 0.2) is 34.5 Å². The zero-order valence-electron chi connectivity index (χ0n) is 22.4. The number of aromatic nitrogens is 4. The quantitative estimate of drug-likeness (QED) is 0.245. The molecule has 0 aliphatic rings. The minimum Gasteiger partial charge on any atom is -0.493 e. The van der Waals surface area contributed by atoms with Crippen molar-refractivity contribution in [3.05, 3.63) is 84.3 Å². The van der Waals surface area contributed by atoms with Gasteiger partial charge in [0.1, 0.15) is 5.75 Å². The fourth-order valence-electron chi connectivity index (χ4n) is 4.16. The third kappa shape index (κ3) is 5.58. The van der Waals surface area contributed by atoms with Crippen LogP contribution in [0, 0.1) is 5.82 Å². The third-order valence-electron chi connectivity index (χ3n) is 6.12. The number of rotatable bonds is 10. The topological polar surface area (TPSA) is 130 Å². The molecule has 0 aliphatic carbocycles. The molecular weight excluding hydrogens is 533 g/mol. The maximum Gasteiger partial charge on any atom is 0.280 e. The number of hydrogen-bond acceptors (Lipinski definition) is 9. The van der Waals surface area contributed by atoms with E-state index in [-0.39, 0.29) is 36.1 Å². The Morgan fingerprint density at radius 3 is 2.54 bits per heavy atom. The second kappa shape index (κ2) is 11.9. The molecule has 0 saturated carbocycles. The van der Waals surface area contributed by atoms with Crippen LogP contribution in [0.2, 0.25) is 0 Å². The molecule has 0 fully saturated rings. The summed E-state index contributed by atoms with van der Waals surface area (Å²) in [5, 5.41) is 17.2. The highest BCUT2D eigenvalue weighted by Crippen LogP contribution is 2.37. The number of amides is 1. The summed E-state index contributed by atoms with van der Waals surface area (Å²) in [5.41, 5.74) is 1.79. The lowest BCUT2D eigenvalue weighted by Crippen LogP contribution is -2.15. The molecule has 1 amide bonds. The molecule has 5 rings (SSSR count). The number of methoxy groups -OCH3 is 2. The summed E-state index contributed by atoms with van der Waals surface area (Å²) in [4.78, 5) is 21.5. The molecule has 0 spiro atoms. The second-order valence-electron chi connectivity index (χ2n) is 8.62. The maximum atomic E-state index is 15.2. The lowest BCUT2D eigenvalue weighted by molar-refractivity contribution is 0.101. The summed E-state index contributed by atoms with van der Waals surface area (Å²) < 4.78 is 38.7. The Morgan fingerprint density at radius 2 is 1.80 bits per heavy atom. The van der Waals surface area contributed by atoms with Gasteiger partial charge in [-0.1, -0.05) is 0 Å². The Balaban J connectivity index is 1.39. The first kappa shape index (κ1) is 27.3. The zero-order chi connectivity index (χ0) is 28.9. The Hall–Kier alpha value is -5.23. The molecule has 3 aromatic heterocycles. The molecule has 0 saturated heterocycles. The number of anilines is 1. The van der Waals surface area contributed by atoms with Gasteiger partial charge in [-0.25, -0.2) is 9.07 Å². The number of halogens is 1. The predicted molar refractivity (Wildman–Crippen MR) is 148 cm³/mol. The summed E-state index contributed by atoms with van der Waals surface area (Å²) in [6.07, 6.45) is 6.13. The highest BCUT2D eigenvalue weighted by atomic mass is 19.1. The number of carbonyl (C=O) groups excluding carboxylic acids is 1. The standard InChI is InChI=1S/C29H26FN5O6/c1-4-40-27-15-35(22-14-31-9-7-17(22)16-36)34-28(27)29(37)33-18-5-6-24(20(30)11-18)41-23-8-10-32-21-13-26(39-3)25(38-2)12-19(21)23/h5-15,36H,4,16H2,1-3H3,(H,33,37). The lowest BCUT2D eigenvalue weighted by atomic mass is 10.2. The molecule has 2 aromatic carbocycles. The molecule has 210 valence electrons. The van der Waals surface area contributed by atoms with E-state index >= 15 is 4.39 Å². The minimum atomic E-state index is -0.702. The molecule has 3 heterocycles. The maximum absolute atomic E-state index is 15.2. The van der Waals surface area contributed by atoms with Gasteiger partial charge in [-0.15, -0.1) is 0 Å². The van der Waals surface area contributed by atoms with Gasteiger partial charge in [0.05, 0.1) is 51.0 Å². The smallest absolute Gasteiger partial charge is 0.280 e. The Kier molecular flexibility index (Phi) is 7.92. The SMILES string of the molecule is CCOc1cn(-c2cnccc2CO)nc1C(=O)Nc1ccc(Oc2ccnc3cc(OC)c(OC)cc23)c(F)c1. The summed E-state index contributed by atoms with van der Waals surface area (Å²) in [5.74, 6) is 0.176. The van der Waals surface area contributed by atoms with Crippen molar-refractivity contribution in [2.45, 2.75) is 13.5 Å². The average Bonchev–Trinajstić information content (AvgIpc) is 3.42. The average molecular weight is 560 g/mol. The summed E-state index contributed by atoms with van der Waals surface area (Å²) in [7, 11) is 3.04. The number of pyridine rings is 2. The van der Waals surface area contributed by atoms with Crippen LogP contribution in [-0.4, -0.2) is 51.6 Å². The van der Waals surface area contributed by atoms with Crippen LogP contribution in [0.5, 0.6) is 28.7 Å². The molecule has 12 heteroatoms. The first-order valence-corrected chi connectivity index (χ1v) is 12.5. The largest absolute Gasteiger partial charge is 0.493 e. The summed E-state index contributed by atoms with van der Waals surface area (Å²) >= 11 is 0. The van der Waals surface area contributed by atoms with E-state index in [0.717, 1.165) is 6.07 Å². The Bertz CT molecular complexity index is 1720. The van der Waals surface area contributed by atoms with Crippen LogP contribution in [0.1, 0.15) is 23.0 Å². The van der Waals surface area contributed by atoms with Crippen molar-refractivity contribution in [2.24, 2.45) is 0 Å². The van der Waals surface area contributed by atoms with E-state index in [0.29, 0.717) is 39.4 Å². The number of nitrogens with one attached hydrogen (secondary N) is 1. The van der Waals surface area contributed by atoms with Crippen molar-refractivity contribution in [3.63, 3.8) is 0 Å². The van der Waals surface area contributed by atoms with E-state index in [2.05, 4.69) is 20.4 Å². The van der Waals surface area contributed by atoms with Gasteiger partial charge in [-0.3, -0.25) is 14.8 Å². The van der Waals surface area contributed by atoms with Gasteiger partial charge >= 0.3 is 0 Å². The van der Waals surface area contributed by atoms with Crippen molar-refractivity contribution >= 4 is 22.5 Å². The van der Waals surface area contributed by atoms with Crippen LogP contribution in [0.4, 0.5) is 10.1 Å². The van der Waals surface area contributed by atoms with Gasteiger partial charge in [-0.2, -0.15) is 5.10 Å². The highest BCUT2D eigenvalue weighted by molar-refractivity contribution is 6.04. The van der Waals surface area contributed by atoms with E-state index in [1.54, 1.807) is 43.6 Å². The molecule has 0 aliphatic heterocycles.